The molecule has 0 saturated carbocycles. The van der Waals surface area contributed by atoms with Crippen molar-refractivity contribution in [2.75, 3.05) is 13.2 Å². The van der Waals surface area contributed by atoms with Crippen LogP contribution >= 0.6 is 15.9 Å². The van der Waals surface area contributed by atoms with Gasteiger partial charge in [0, 0.05) is 16.1 Å². The van der Waals surface area contributed by atoms with Crippen molar-refractivity contribution in [2.24, 2.45) is 5.41 Å². The van der Waals surface area contributed by atoms with E-state index in [1.54, 1.807) is 0 Å². The van der Waals surface area contributed by atoms with Gasteiger partial charge in [-0.15, -0.1) is 0 Å². The Morgan fingerprint density at radius 2 is 2.14 bits per heavy atom. The maximum atomic E-state index is 9.05. The van der Waals surface area contributed by atoms with E-state index < -0.39 is 0 Å². The van der Waals surface area contributed by atoms with E-state index in [1.807, 2.05) is 26.0 Å². The molecule has 0 fully saturated rings. The second-order valence-electron chi connectivity index (χ2n) is 5.95. The first-order chi connectivity index (χ1) is 9.89. The fourth-order valence-electron chi connectivity index (χ4n) is 1.93. The molecule has 0 aliphatic carbocycles. The van der Waals surface area contributed by atoms with Crippen LogP contribution in [0.25, 0.3) is 0 Å². The minimum absolute atomic E-state index is 0.237. The van der Waals surface area contributed by atoms with Crippen molar-refractivity contribution in [3.8, 4) is 11.8 Å². The van der Waals surface area contributed by atoms with Gasteiger partial charge in [-0.3, -0.25) is 0 Å². The molecule has 1 aromatic carbocycles. The SMILES string of the molecule is CCCNC(C)c1cc(Br)ccc1OCCC(C)(C)C#N. The molecule has 0 amide bonds. The van der Waals surface area contributed by atoms with Gasteiger partial charge in [-0.2, -0.15) is 5.26 Å². The van der Waals surface area contributed by atoms with Crippen molar-refractivity contribution in [3.63, 3.8) is 0 Å². The molecule has 1 unspecified atom stereocenters. The number of nitrogens with zero attached hydrogens (tertiary/aromatic N) is 1. The lowest BCUT2D eigenvalue weighted by Crippen LogP contribution is -2.20. The highest BCUT2D eigenvalue weighted by Gasteiger charge is 2.17. The maximum Gasteiger partial charge on any atom is 0.124 e. The number of nitriles is 1. The second-order valence-corrected chi connectivity index (χ2v) is 6.87. The molecule has 0 aliphatic rings. The third-order valence-electron chi connectivity index (χ3n) is 3.43. The van der Waals surface area contributed by atoms with Gasteiger partial charge in [0.25, 0.3) is 0 Å². The Labute approximate surface area is 136 Å². The largest absolute Gasteiger partial charge is 0.493 e. The summed E-state index contributed by atoms with van der Waals surface area (Å²) in [5.74, 6) is 0.892. The Morgan fingerprint density at radius 3 is 2.76 bits per heavy atom. The first kappa shape index (κ1) is 18.0. The topological polar surface area (TPSA) is 45.0 Å². The number of benzene rings is 1. The average Bonchev–Trinajstić information content (AvgIpc) is 2.46. The minimum Gasteiger partial charge on any atom is -0.493 e. The van der Waals surface area contributed by atoms with Crippen LogP contribution in [-0.4, -0.2) is 13.2 Å². The maximum absolute atomic E-state index is 9.05. The van der Waals surface area contributed by atoms with Crippen LogP contribution in [-0.2, 0) is 0 Å². The van der Waals surface area contributed by atoms with Crippen LogP contribution in [0.3, 0.4) is 0 Å². The molecule has 0 aliphatic heterocycles. The van der Waals surface area contributed by atoms with Gasteiger partial charge >= 0.3 is 0 Å². The lowest BCUT2D eigenvalue weighted by atomic mass is 9.92. The Kier molecular flexibility index (Phi) is 7.21. The molecule has 0 bridgehead atoms. The quantitative estimate of drug-likeness (QED) is 0.728. The predicted octanol–water partition coefficient (Wildman–Crippen LogP) is 4.83. The van der Waals surface area contributed by atoms with Crippen molar-refractivity contribution >= 4 is 15.9 Å². The number of ether oxygens (including phenoxy) is 1. The van der Waals surface area contributed by atoms with E-state index in [-0.39, 0.29) is 11.5 Å². The molecule has 1 atom stereocenters. The van der Waals surface area contributed by atoms with Crippen LogP contribution in [0.15, 0.2) is 22.7 Å². The van der Waals surface area contributed by atoms with E-state index in [4.69, 9.17) is 10.00 Å². The van der Waals surface area contributed by atoms with E-state index in [0.29, 0.717) is 6.61 Å². The molecule has 1 aromatic rings. The molecular weight excluding hydrogens is 328 g/mol. The van der Waals surface area contributed by atoms with Gasteiger partial charge in [0.05, 0.1) is 18.1 Å². The normalized spacial score (nSPS) is 12.8. The molecule has 0 saturated heterocycles. The molecule has 116 valence electrons. The molecule has 0 heterocycles. The highest BCUT2D eigenvalue weighted by molar-refractivity contribution is 9.10. The smallest absolute Gasteiger partial charge is 0.124 e. The van der Waals surface area contributed by atoms with Gasteiger partial charge in [0.15, 0.2) is 0 Å². The van der Waals surface area contributed by atoms with Crippen molar-refractivity contribution in [1.29, 1.82) is 5.26 Å². The lowest BCUT2D eigenvalue weighted by Gasteiger charge is -2.20. The number of rotatable bonds is 8. The summed E-state index contributed by atoms with van der Waals surface area (Å²) in [5, 5.41) is 12.5. The van der Waals surface area contributed by atoms with Gasteiger partial charge in [0.1, 0.15) is 5.75 Å². The summed E-state index contributed by atoms with van der Waals surface area (Å²) < 4.78 is 6.97. The van der Waals surface area contributed by atoms with E-state index >= 15 is 0 Å². The number of hydrogen-bond donors (Lipinski definition) is 1. The zero-order valence-corrected chi connectivity index (χ0v) is 15.0. The summed E-state index contributed by atoms with van der Waals surface area (Å²) in [6, 6.07) is 8.61. The number of nitrogens with one attached hydrogen (secondary N) is 1. The Hall–Kier alpha value is -1.05. The summed E-state index contributed by atoms with van der Waals surface area (Å²) >= 11 is 3.52. The highest BCUT2D eigenvalue weighted by atomic mass is 79.9. The summed E-state index contributed by atoms with van der Waals surface area (Å²) in [6.07, 6.45) is 1.82. The van der Waals surface area contributed by atoms with E-state index in [0.717, 1.165) is 35.2 Å². The molecular formula is C17H25BrN2O. The van der Waals surface area contributed by atoms with Gasteiger partial charge in [-0.25, -0.2) is 0 Å². The minimum atomic E-state index is -0.346. The molecule has 1 N–H and O–H groups in total. The second kappa shape index (κ2) is 8.41. The fourth-order valence-corrected chi connectivity index (χ4v) is 2.31. The zero-order valence-electron chi connectivity index (χ0n) is 13.4. The molecule has 0 spiro atoms. The van der Waals surface area contributed by atoms with Crippen LogP contribution < -0.4 is 10.1 Å². The van der Waals surface area contributed by atoms with Crippen molar-refractivity contribution in [1.82, 2.24) is 5.32 Å². The average molecular weight is 353 g/mol. The first-order valence-corrected chi connectivity index (χ1v) is 8.26. The van der Waals surface area contributed by atoms with E-state index in [2.05, 4.69) is 47.2 Å². The molecule has 4 heteroatoms. The third kappa shape index (κ3) is 6.07. The molecule has 1 rings (SSSR count). The monoisotopic (exact) mass is 352 g/mol. The molecule has 0 radical (unpaired) electrons. The Morgan fingerprint density at radius 1 is 1.43 bits per heavy atom. The molecule has 3 nitrogen and oxygen atoms in total. The van der Waals surface area contributed by atoms with Crippen molar-refractivity contribution < 1.29 is 4.74 Å². The van der Waals surface area contributed by atoms with Crippen LogP contribution in [0.4, 0.5) is 0 Å². The number of hydrogen-bond acceptors (Lipinski definition) is 3. The van der Waals surface area contributed by atoms with Crippen LogP contribution in [0.5, 0.6) is 5.75 Å². The van der Waals surface area contributed by atoms with Crippen LogP contribution in [0, 0.1) is 16.7 Å². The molecule has 21 heavy (non-hydrogen) atoms. The summed E-state index contributed by atoms with van der Waals surface area (Å²) in [5.41, 5.74) is 0.800. The summed E-state index contributed by atoms with van der Waals surface area (Å²) in [7, 11) is 0. The van der Waals surface area contributed by atoms with Crippen LogP contribution in [0.1, 0.15) is 52.1 Å². The van der Waals surface area contributed by atoms with Gasteiger partial charge < -0.3 is 10.1 Å². The van der Waals surface area contributed by atoms with Crippen molar-refractivity contribution in [3.05, 3.63) is 28.2 Å². The van der Waals surface area contributed by atoms with Gasteiger partial charge in [-0.1, -0.05) is 22.9 Å². The van der Waals surface area contributed by atoms with Gasteiger partial charge in [-0.05, 0) is 58.4 Å². The highest BCUT2D eigenvalue weighted by Crippen LogP contribution is 2.29. The Bertz CT molecular complexity index is 494. The van der Waals surface area contributed by atoms with E-state index in [1.165, 1.54) is 0 Å². The standard InChI is InChI=1S/C17H25BrN2O/c1-5-9-20-13(2)15-11-14(18)6-7-16(15)21-10-8-17(3,4)12-19/h6-7,11,13,20H,5,8-10H2,1-4H3. The predicted molar refractivity (Wildman–Crippen MR) is 90.4 cm³/mol. The van der Waals surface area contributed by atoms with Crippen LogP contribution in [0.2, 0.25) is 0 Å². The third-order valence-corrected chi connectivity index (χ3v) is 3.92. The fraction of sp³-hybridized carbons (Fsp3) is 0.588. The lowest BCUT2D eigenvalue weighted by molar-refractivity contribution is 0.260. The first-order valence-electron chi connectivity index (χ1n) is 7.46. The van der Waals surface area contributed by atoms with Crippen molar-refractivity contribution in [2.45, 2.75) is 46.6 Å². The zero-order chi connectivity index (χ0) is 15.9. The number of halogens is 1. The van der Waals surface area contributed by atoms with E-state index in [9.17, 15) is 0 Å². The molecule has 0 aromatic heterocycles. The summed E-state index contributed by atoms with van der Waals surface area (Å²) in [4.78, 5) is 0. The Balaban J connectivity index is 2.75. The van der Waals surface area contributed by atoms with Gasteiger partial charge in [0.2, 0.25) is 0 Å². The summed E-state index contributed by atoms with van der Waals surface area (Å²) in [6.45, 7) is 9.70.